The van der Waals surface area contributed by atoms with Crippen LogP contribution in [-0.2, 0) is 0 Å². The molecule has 0 aromatic heterocycles. The monoisotopic (exact) mass is 235 g/mol. The van der Waals surface area contributed by atoms with Crippen LogP contribution >= 0.6 is 15.9 Å². The van der Waals surface area contributed by atoms with E-state index in [1.165, 1.54) is 0 Å². The standard InChI is InChI=1S/C9H18BrNO/c1-8(2,3)9(4,5)6-11-7(10)12/h6H2,1-5H3,(H,11,12). The summed E-state index contributed by atoms with van der Waals surface area (Å²) >= 11 is 2.84. The molecule has 0 aromatic carbocycles. The highest BCUT2D eigenvalue weighted by Crippen LogP contribution is 2.36. The van der Waals surface area contributed by atoms with Crippen LogP contribution in [0.2, 0.25) is 0 Å². The molecule has 0 saturated heterocycles. The molecule has 0 rings (SSSR count). The fraction of sp³-hybridized carbons (Fsp3) is 0.889. The Morgan fingerprint density at radius 1 is 1.25 bits per heavy atom. The topological polar surface area (TPSA) is 29.1 Å². The van der Waals surface area contributed by atoms with Crippen molar-refractivity contribution in [3.05, 3.63) is 0 Å². The van der Waals surface area contributed by atoms with Gasteiger partial charge in [0.25, 0.3) is 4.82 Å². The van der Waals surface area contributed by atoms with Gasteiger partial charge in [-0.3, -0.25) is 4.79 Å². The van der Waals surface area contributed by atoms with Gasteiger partial charge in [0, 0.05) is 22.5 Å². The molecule has 0 aliphatic rings. The Morgan fingerprint density at radius 3 is 1.92 bits per heavy atom. The van der Waals surface area contributed by atoms with Crippen molar-refractivity contribution in [3.63, 3.8) is 0 Å². The minimum atomic E-state index is -0.139. The normalized spacial score (nSPS) is 12.8. The molecule has 0 heterocycles. The van der Waals surface area contributed by atoms with Crippen LogP contribution in [0.15, 0.2) is 0 Å². The summed E-state index contributed by atoms with van der Waals surface area (Å²) < 4.78 is 0. The quantitative estimate of drug-likeness (QED) is 0.579. The molecule has 0 unspecified atom stereocenters. The number of rotatable bonds is 2. The van der Waals surface area contributed by atoms with Crippen LogP contribution in [-0.4, -0.2) is 11.4 Å². The Hall–Kier alpha value is -0.0500. The highest BCUT2D eigenvalue weighted by molar-refractivity contribution is 9.18. The summed E-state index contributed by atoms with van der Waals surface area (Å²) in [7, 11) is 0. The first-order chi connectivity index (χ1) is 5.17. The Morgan fingerprint density at radius 2 is 1.67 bits per heavy atom. The molecule has 0 aliphatic heterocycles. The second-order valence-corrected chi connectivity index (χ2v) is 5.48. The van der Waals surface area contributed by atoms with Gasteiger partial charge < -0.3 is 5.32 Å². The van der Waals surface area contributed by atoms with Crippen LogP contribution < -0.4 is 5.32 Å². The third kappa shape index (κ3) is 3.57. The van der Waals surface area contributed by atoms with Crippen molar-refractivity contribution in [1.29, 1.82) is 0 Å². The Labute approximate surface area is 83.2 Å². The van der Waals surface area contributed by atoms with E-state index in [-0.39, 0.29) is 15.6 Å². The van der Waals surface area contributed by atoms with Crippen molar-refractivity contribution in [2.45, 2.75) is 34.6 Å². The largest absolute Gasteiger partial charge is 0.346 e. The van der Waals surface area contributed by atoms with E-state index in [4.69, 9.17) is 0 Å². The van der Waals surface area contributed by atoms with E-state index in [0.29, 0.717) is 6.54 Å². The van der Waals surface area contributed by atoms with Gasteiger partial charge in [-0.1, -0.05) is 34.6 Å². The van der Waals surface area contributed by atoms with Crippen molar-refractivity contribution in [2.75, 3.05) is 6.54 Å². The highest BCUT2D eigenvalue weighted by Gasteiger charge is 2.32. The molecule has 1 amide bonds. The molecule has 0 saturated carbocycles. The third-order valence-corrected chi connectivity index (χ3v) is 2.98. The zero-order chi connectivity index (χ0) is 9.99. The number of halogens is 1. The molecule has 1 N–H and O–H groups in total. The molecule has 0 atom stereocenters. The molecular weight excluding hydrogens is 218 g/mol. The van der Waals surface area contributed by atoms with Crippen LogP contribution in [0.4, 0.5) is 4.79 Å². The van der Waals surface area contributed by atoms with Gasteiger partial charge in [-0.2, -0.15) is 0 Å². The SMILES string of the molecule is CC(C)(C)C(C)(C)CNC(=O)Br. The predicted octanol–water partition coefficient (Wildman–Crippen LogP) is 3.16. The molecule has 0 aromatic rings. The van der Waals surface area contributed by atoms with E-state index in [1.54, 1.807) is 0 Å². The minimum Gasteiger partial charge on any atom is -0.346 e. The average Bonchev–Trinajstić information content (AvgIpc) is 1.81. The van der Waals surface area contributed by atoms with E-state index >= 15 is 0 Å². The Balaban J connectivity index is 4.14. The Kier molecular flexibility index (Phi) is 3.76. The van der Waals surface area contributed by atoms with Gasteiger partial charge in [0.2, 0.25) is 0 Å². The van der Waals surface area contributed by atoms with Crippen molar-refractivity contribution in [3.8, 4) is 0 Å². The molecular formula is C9H18BrNO. The summed E-state index contributed by atoms with van der Waals surface area (Å²) in [4.78, 5) is 10.5. The first-order valence-electron chi connectivity index (χ1n) is 4.10. The van der Waals surface area contributed by atoms with E-state index in [1.807, 2.05) is 0 Å². The fourth-order valence-corrected chi connectivity index (χ4v) is 0.696. The molecule has 0 radical (unpaired) electrons. The molecule has 0 spiro atoms. The number of amides is 1. The second-order valence-electron chi connectivity index (χ2n) is 4.76. The second kappa shape index (κ2) is 3.77. The first kappa shape index (κ1) is 11.9. The maximum atomic E-state index is 10.6. The van der Waals surface area contributed by atoms with Gasteiger partial charge in [0.1, 0.15) is 0 Å². The summed E-state index contributed by atoms with van der Waals surface area (Å²) in [6.45, 7) is 11.5. The van der Waals surface area contributed by atoms with Crippen molar-refractivity contribution in [1.82, 2.24) is 5.32 Å². The molecule has 72 valence electrons. The van der Waals surface area contributed by atoms with Crippen LogP contribution in [0.3, 0.4) is 0 Å². The van der Waals surface area contributed by atoms with E-state index in [2.05, 4.69) is 55.9 Å². The lowest BCUT2D eigenvalue weighted by molar-refractivity contribution is 0.133. The van der Waals surface area contributed by atoms with E-state index in [0.717, 1.165) is 0 Å². The van der Waals surface area contributed by atoms with E-state index < -0.39 is 0 Å². The number of nitrogens with one attached hydrogen (secondary N) is 1. The van der Waals surface area contributed by atoms with Crippen LogP contribution in [0.25, 0.3) is 0 Å². The zero-order valence-electron chi connectivity index (χ0n) is 8.49. The molecule has 12 heavy (non-hydrogen) atoms. The number of hydrogen-bond donors (Lipinski definition) is 1. The van der Waals surface area contributed by atoms with Crippen molar-refractivity contribution in [2.24, 2.45) is 10.8 Å². The lowest BCUT2D eigenvalue weighted by Gasteiger charge is -2.38. The Bertz CT molecular complexity index is 170. The molecule has 2 nitrogen and oxygen atoms in total. The zero-order valence-corrected chi connectivity index (χ0v) is 10.1. The smallest absolute Gasteiger partial charge is 0.287 e. The molecule has 0 aliphatic carbocycles. The summed E-state index contributed by atoms with van der Waals surface area (Å²) in [6.07, 6.45) is 0. The summed E-state index contributed by atoms with van der Waals surface area (Å²) in [6, 6.07) is 0. The predicted molar refractivity (Wildman–Crippen MR) is 55.6 cm³/mol. The maximum absolute atomic E-state index is 10.6. The summed E-state index contributed by atoms with van der Waals surface area (Å²) in [5.41, 5.74) is 0.304. The lowest BCUT2D eigenvalue weighted by Crippen LogP contribution is -2.40. The van der Waals surface area contributed by atoms with Crippen LogP contribution in [0, 0.1) is 10.8 Å². The van der Waals surface area contributed by atoms with Crippen LogP contribution in [0.5, 0.6) is 0 Å². The van der Waals surface area contributed by atoms with E-state index in [9.17, 15) is 4.79 Å². The summed E-state index contributed by atoms with van der Waals surface area (Å²) in [5.74, 6) is 0. The molecule has 0 bridgehead atoms. The lowest BCUT2D eigenvalue weighted by atomic mass is 9.69. The van der Waals surface area contributed by atoms with Gasteiger partial charge in [-0.05, 0) is 10.8 Å². The number of carbonyl (C=O) groups excluding carboxylic acids is 1. The van der Waals surface area contributed by atoms with Gasteiger partial charge >= 0.3 is 0 Å². The van der Waals surface area contributed by atoms with Crippen molar-refractivity contribution < 1.29 is 4.79 Å². The van der Waals surface area contributed by atoms with Gasteiger partial charge in [-0.15, -0.1) is 0 Å². The number of carbonyl (C=O) groups is 1. The molecule has 0 fully saturated rings. The highest BCUT2D eigenvalue weighted by atomic mass is 79.9. The average molecular weight is 236 g/mol. The van der Waals surface area contributed by atoms with Gasteiger partial charge in [0.15, 0.2) is 0 Å². The summed E-state index contributed by atoms with van der Waals surface area (Å²) in [5, 5.41) is 2.77. The minimum absolute atomic E-state index is 0.108. The third-order valence-electron chi connectivity index (χ3n) is 2.70. The maximum Gasteiger partial charge on any atom is 0.287 e. The number of hydrogen-bond acceptors (Lipinski definition) is 1. The first-order valence-corrected chi connectivity index (χ1v) is 4.89. The fourth-order valence-electron chi connectivity index (χ4n) is 0.556. The van der Waals surface area contributed by atoms with Gasteiger partial charge in [-0.25, -0.2) is 0 Å². The molecule has 3 heteroatoms. The van der Waals surface area contributed by atoms with Gasteiger partial charge in [0.05, 0.1) is 0 Å². The van der Waals surface area contributed by atoms with Crippen molar-refractivity contribution >= 4 is 20.7 Å². The van der Waals surface area contributed by atoms with Crippen LogP contribution in [0.1, 0.15) is 34.6 Å².